The van der Waals surface area contributed by atoms with Crippen LogP contribution in [0.5, 0.6) is 0 Å². The van der Waals surface area contributed by atoms with Crippen LogP contribution >= 0.6 is 11.8 Å². The predicted octanol–water partition coefficient (Wildman–Crippen LogP) is 2.22. The normalized spacial score (nSPS) is 14.0. The average molecular weight is 408 g/mol. The number of benzene rings is 1. The second-order valence-corrected chi connectivity index (χ2v) is 7.59. The van der Waals surface area contributed by atoms with Crippen molar-refractivity contribution in [2.45, 2.75) is 38.0 Å². The van der Waals surface area contributed by atoms with Crippen molar-refractivity contribution in [3.8, 4) is 0 Å². The Morgan fingerprint density at radius 3 is 2.96 bits per heavy atom. The summed E-state index contributed by atoms with van der Waals surface area (Å²) in [5.41, 5.74) is 1.52. The Balaban J connectivity index is 1.55. The first-order chi connectivity index (χ1) is 13.5. The van der Waals surface area contributed by atoms with Gasteiger partial charge in [0.05, 0.1) is 17.0 Å². The summed E-state index contributed by atoms with van der Waals surface area (Å²) in [6.45, 7) is 4.48. The number of carbonyl (C=O) groups is 1. The average Bonchev–Trinajstić information content (AvgIpc) is 2.66. The molecule has 3 rings (SSSR count). The summed E-state index contributed by atoms with van der Waals surface area (Å²) < 4.78 is 26.5. The van der Waals surface area contributed by atoms with Gasteiger partial charge in [0.25, 0.3) is 5.56 Å². The maximum absolute atomic E-state index is 13.6. The molecular weight excluding hydrogens is 386 g/mol. The maximum atomic E-state index is 13.6. The summed E-state index contributed by atoms with van der Waals surface area (Å²) in [6.07, 6.45) is 1.74. The van der Waals surface area contributed by atoms with E-state index in [0.717, 1.165) is 49.1 Å². The number of hydrogen-bond donors (Lipinski definition) is 2. The van der Waals surface area contributed by atoms with Crippen molar-refractivity contribution in [1.29, 1.82) is 0 Å². The molecule has 0 bridgehead atoms. The third-order valence-electron chi connectivity index (χ3n) is 4.50. The first-order valence-electron chi connectivity index (χ1n) is 9.14. The van der Waals surface area contributed by atoms with Gasteiger partial charge in [-0.25, -0.2) is 13.8 Å². The minimum Gasteiger partial charge on any atom is -0.351 e. The minimum absolute atomic E-state index is 0.0342. The van der Waals surface area contributed by atoms with Gasteiger partial charge in [0.15, 0.2) is 5.16 Å². The van der Waals surface area contributed by atoms with Crippen LogP contribution < -0.4 is 10.9 Å². The van der Waals surface area contributed by atoms with Gasteiger partial charge in [-0.1, -0.05) is 24.8 Å². The van der Waals surface area contributed by atoms with Crippen molar-refractivity contribution in [3.05, 3.63) is 57.0 Å². The first kappa shape index (κ1) is 20.5. The molecule has 2 N–H and O–H groups in total. The van der Waals surface area contributed by atoms with Gasteiger partial charge in [-0.3, -0.25) is 14.5 Å². The molecule has 150 valence electrons. The van der Waals surface area contributed by atoms with Crippen molar-refractivity contribution in [2.75, 3.05) is 18.8 Å². The van der Waals surface area contributed by atoms with Crippen LogP contribution in [0.4, 0.5) is 8.78 Å². The molecule has 6 nitrogen and oxygen atoms in total. The first-order valence-corrected chi connectivity index (χ1v) is 10.1. The standard InChI is InChI=1S/C19H22F2N4O2S/c1-2-6-25-7-5-16-14(10-25)18(27)24-19(23-16)28-11-17(26)22-9-12-3-4-13(20)8-15(12)21/h3-4,8H,2,5-7,9-11H2,1H3,(H,22,26)(H,23,24,27). The quantitative estimate of drug-likeness (QED) is 0.543. The smallest absolute Gasteiger partial charge is 0.256 e. The fourth-order valence-corrected chi connectivity index (χ4v) is 3.79. The lowest BCUT2D eigenvalue weighted by molar-refractivity contribution is -0.118. The zero-order valence-corrected chi connectivity index (χ0v) is 16.4. The fraction of sp³-hybridized carbons (Fsp3) is 0.421. The van der Waals surface area contributed by atoms with Crippen molar-refractivity contribution >= 4 is 17.7 Å². The van der Waals surface area contributed by atoms with Crippen molar-refractivity contribution in [2.24, 2.45) is 0 Å². The number of hydrogen-bond acceptors (Lipinski definition) is 5. The lowest BCUT2D eigenvalue weighted by Crippen LogP contribution is -2.36. The largest absolute Gasteiger partial charge is 0.351 e. The Hall–Kier alpha value is -2.26. The second kappa shape index (κ2) is 9.29. The molecular formula is C19H22F2N4O2S. The second-order valence-electron chi connectivity index (χ2n) is 6.62. The molecule has 28 heavy (non-hydrogen) atoms. The fourth-order valence-electron chi connectivity index (χ4n) is 3.08. The van der Waals surface area contributed by atoms with Gasteiger partial charge >= 0.3 is 0 Å². The number of thioether (sulfide) groups is 1. The zero-order chi connectivity index (χ0) is 20.1. The Labute approximate surface area is 165 Å². The van der Waals surface area contributed by atoms with E-state index in [1.807, 2.05) is 0 Å². The molecule has 0 atom stereocenters. The van der Waals surface area contributed by atoms with E-state index in [0.29, 0.717) is 23.7 Å². The van der Waals surface area contributed by atoms with E-state index in [-0.39, 0.29) is 29.3 Å². The third-order valence-corrected chi connectivity index (χ3v) is 5.37. The number of aromatic nitrogens is 2. The minimum atomic E-state index is -0.703. The zero-order valence-electron chi connectivity index (χ0n) is 15.6. The molecule has 9 heteroatoms. The van der Waals surface area contributed by atoms with Crippen LogP contribution in [0.2, 0.25) is 0 Å². The number of halogens is 2. The molecule has 0 radical (unpaired) electrons. The van der Waals surface area contributed by atoms with Gasteiger partial charge in [-0.2, -0.15) is 0 Å². The Morgan fingerprint density at radius 1 is 1.39 bits per heavy atom. The topological polar surface area (TPSA) is 78.1 Å². The van der Waals surface area contributed by atoms with E-state index in [1.165, 1.54) is 6.07 Å². The van der Waals surface area contributed by atoms with Gasteiger partial charge in [0, 0.05) is 37.7 Å². The number of nitrogens with one attached hydrogen (secondary N) is 2. The van der Waals surface area contributed by atoms with Gasteiger partial charge in [-0.05, 0) is 19.0 Å². The molecule has 2 aromatic rings. The van der Waals surface area contributed by atoms with Crippen LogP contribution in [0.1, 0.15) is 30.2 Å². The summed E-state index contributed by atoms with van der Waals surface area (Å²) in [5.74, 6) is -1.66. The van der Waals surface area contributed by atoms with Crippen LogP contribution in [0.15, 0.2) is 28.2 Å². The summed E-state index contributed by atoms with van der Waals surface area (Å²) in [4.78, 5) is 33.8. The summed E-state index contributed by atoms with van der Waals surface area (Å²) in [6, 6.07) is 3.21. The number of fused-ring (bicyclic) bond motifs is 1. The summed E-state index contributed by atoms with van der Waals surface area (Å²) in [7, 11) is 0. The lowest BCUT2D eigenvalue weighted by Gasteiger charge is -2.27. The Morgan fingerprint density at radius 2 is 2.21 bits per heavy atom. The van der Waals surface area contributed by atoms with E-state index < -0.39 is 11.6 Å². The molecule has 0 aliphatic carbocycles. The van der Waals surface area contributed by atoms with Crippen LogP contribution in [0.25, 0.3) is 0 Å². The highest BCUT2D eigenvalue weighted by molar-refractivity contribution is 7.99. The van der Waals surface area contributed by atoms with Crippen LogP contribution in [0.3, 0.4) is 0 Å². The van der Waals surface area contributed by atoms with E-state index in [1.54, 1.807) is 0 Å². The number of carbonyl (C=O) groups excluding carboxylic acids is 1. The molecule has 0 fully saturated rings. The van der Waals surface area contributed by atoms with E-state index in [2.05, 4.69) is 27.1 Å². The highest BCUT2D eigenvalue weighted by Crippen LogP contribution is 2.18. The lowest BCUT2D eigenvalue weighted by atomic mass is 10.1. The molecule has 1 aliphatic heterocycles. The third kappa shape index (κ3) is 5.17. The number of H-pyrrole nitrogens is 1. The SMILES string of the molecule is CCCN1CCc2nc(SCC(=O)NCc3ccc(F)cc3F)[nH]c(=O)c2C1. The molecule has 1 aromatic carbocycles. The molecule has 0 saturated carbocycles. The summed E-state index contributed by atoms with van der Waals surface area (Å²) >= 11 is 1.12. The molecule has 1 aliphatic rings. The van der Waals surface area contributed by atoms with Crippen LogP contribution in [-0.4, -0.2) is 39.6 Å². The van der Waals surface area contributed by atoms with Crippen molar-refractivity contribution < 1.29 is 13.6 Å². The van der Waals surface area contributed by atoms with Crippen LogP contribution in [0, 0.1) is 11.6 Å². The van der Waals surface area contributed by atoms with E-state index in [9.17, 15) is 18.4 Å². The Bertz CT molecular complexity index is 919. The van der Waals surface area contributed by atoms with Gasteiger partial charge in [-0.15, -0.1) is 0 Å². The molecule has 0 saturated heterocycles. The van der Waals surface area contributed by atoms with Crippen molar-refractivity contribution in [1.82, 2.24) is 20.2 Å². The number of nitrogens with zero attached hydrogens (tertiary/aromatic N) is 2. The highest BCUT2D eigenvalue weighted by atomic mass is 32.2. The van der Waals surface area contributed by atoms with E-state index in [4.69, 9.17) is 0 Å². The summed E-state index contributed by atoms with van der Waals surface area (Å²) in [5, 5.41) is 2.98. The van der Waals surface area contributed by atoms with Gasteiger partial charge in [0.1, 0.15) is 11.6 Å². The van der Waals surface area contributed by atoms with Gasteiger partial charge in [0.2, 0.25) is 5.91 Å². The molecule has 0 unspecified atom stereocenters. The Kier molecular flexibility index (Phi) is 6.79. The number of rotatable bonds is 7. The van der Waals surface area contributed by atoms with Crippen LogP contribution in [-0.2, 0) is 24.3 Å². The van der Waals surface area contributed by atoms with Gasteiger partial charge < -0.3 is 10.3 Å². The monoisotopic (exact) mass is 408 g/mol. The number of aromatic amines is 1. The molecule has 1 aromatic heterocycles. The maximum Gasteiger partial charge on any atom is 0.256 e. The molecule has 2 heterocycles. The van der Waals surface area contributed by atoms with E-state index >= 15 is 0 Å². The molecule has 0 spiro atoms. The van der Waals surface area contributed by atoms with Crippen molar-refractivity contribution in [3.63, 3.8) is 0 Å². The number of amides is 1. The predicted molar refractivity (Wildman–Crippen MR) is 103 cm³/mol. The molecule has 1 amide bonds. The highest BCUT2D eigenvalue weighted by Gasteiger charge is 2.20.